The van der Waals surface area contributed by atoms with Crippen molar-refractivity contribution in [3.8, 4) is 0 Å². The summed E-state index contributed by atoms with van der Waals surface area (Å²) in [7, 11) is 0. The van der Waals surface area contributed by atoms with Crippen LogP contribution in [0.5, 0.6) is 0 Å². The normalized spacial score (nSPS) is 12.4. The van der Waals surface area contributed by atoms with Crippen molar-refractivity contribution in [1.29, 1.82) is 0 Å². The van der Waals surface area contributed by atoms with E-state index in [0.29, 0.717) is 9.50 Å². The van der Waals surface area contributed by atoms with Crippen molar-refractivity contribution in [3.05, 3.63) is 67.5 Å². The Morgan fingerprint density at radius 1 is 1.33 bits per heavy atom. The van der Waals surface area contributed by atoms with Gasteiger partial charge in [-0.15, -0.1) is 0 Å². The van der Waals surface area contributed by atoms with Crippen molar-refractivity contribution in [2.45, 2.75) is 19.9 Å². The van der Waals surface area contributed by atoms with Crippen LogP contribution in [0.4, 0.5) is 0 Å². The molecule has 0 fully saturated rings. The molecule has 0 saturated carbocycles. The van der Waals surface area contributed by atoms with Crippen LogP contribution in [0.2, 0.25) is 5.02 Å². The van der Waals surface area contributed by atoms with Gasteiger partial charge < -0.3 is 4.57 Å². The summed E-state index contributed by atoms with van der Waals surface area (Å²) in [6.45, 7) is 4.02. The molecule has 0 aliphatic carbocycles. The first-order valence-corrected chi connectivity index (χ1v) is 6.80. The third-order valence-electron chi connectivity index (χ3n) is 2.91. The Kier molecular flexibility index (Phi) is 3.93. The molecule has 0 bridgehead atoms. The average Bonchev–Trinajstić information content (AvgIpc) is 2.33. The molecule has 0 aliphatic heterocycles. The summed E-state index contributed by atoms with van der Waals surface area (Å²) in [5.41, 5.74) is 2.19. The van der Waals surface area contributed by atoms with Gasteiger partial charge in [-0.1, -0.05) is 41.4 Å². The Labute approximate surface area is 119 Å². The Hall–Kier alpha value is -1.06. The Morgan fingerprint density at radius 2 is 2.06 bits per heavy atom. The van der Waals surface area contributed by atoms with Crippen LogP contribution in [0.3, 0.4) is 0 Å². The number of hydrogen-bond donors (Lipinski definition) is 0. The molecular formula is C14H13BrClNO. The quantitative estimate of drug-likeness (QED) is 0.811. The van der Waals surface area contributed by atoms with Gasteiger partial charge in [0.2, 0.25) is 0 Å². The van der Waals surface area contributed by atoms with Gasteiger partial charge in [-0.2, -0.15) is 0 Å². The minimum Gasteiger partial charge on any atom is -0.306 e. The first-order chi connectivity index (χ1) is 8.49. The van der Waals surface area contributed by atoms with E-state index in [1.165, 1.54) is 5.56 Å². The van der Waals surface area contributed by atoms with Gasteiger partial charge in [-0.25, -0.2) is 0 Å². The van der Waals surface area contributed by atoms with Crippen molar-refractivity contribution in [2.75, 3.05) is 0 Å². The summed E-state index contributed by atoms with van der Waals surface area (Å²) >= 11 is 9.23. The van der Waals surface area contributed by atoms with Crippen LogP contribution in [0.25, 0.3) is 0 Å². The Morgan fingerprint density at radius 3 is 2.72 bits per heavy atom. The molecule has 0 aliphatic rings. The second kappa shape index (κ2) is 5.29. The summed E-state index contributed by atoms with van der Waals surface area (Å²) in [5, 5.41) is 0.543. The van der Waals surface area contributed by atoms with E-state index in [4.69, 9.17) is 11.6 Å². The highest BCUT2D eigenvalue weighted by molar-refractivity contribution is 9.10. The zero-order chi connectivity index (χ0) is 13.3. The SMILES string of the molecule is Cc1cccc(C(C)n2cc(Cl)cc(Br)c2=O)c1. The number of aryl methyl sites for hydroxylation is 1. The van der Waals surface area contributed by atoms with Gasteiger partial charge in [0, 0.05) is 6.20 Å². The molecule has 0 spiro atoms. The first kappa shape index (κ1) is 13.4. The standard InChI is InChI=1S/C14H13BrClNO/c1-9-4-3-5-11(6-9)10(2)17-8-12(16)7-13(15)14(17)18/h3-8,10H,1-2H3. The lowest BCUT2D eigenvalue weighted by molar-refractivity contribution is 0.612. The minimum atomic E-state index is -0.0755. The van der Waals surface area contributed by atoms with Crippen molar-refractivity contribution in [3.63, 3.8) is 0 Å². The third-order valence-corrected chi connectivity index (χ3v) is 3.68. The summed E-state index contributed by atoms with van der Waals surface area (Å²) in [4.78, 5) is 12.1. The van der Waals surface area contributed by atoms with Gasteiger partial charge in [0.05, 0.1) is 15.5 Å². The molecule has 1 atom stereocenters. The zero-order valence-corrected chi connectivity index (χ0v) is 12.5. The molecule has 1 unspecified atom stereocenters. The van der Waals surface area contributed by atoms with Crippen molar-refractivity contribution in [2.24, 2.45) is 0 Å². The molecule has 18 heavy (non-hydrogen) atoms. The molecule has 0 amide bonds. The Bertz CT molecular complexity index is 636. The molecule has 0 saturated heterocycles. The van der Waals surface area contributed by atoms with Gasteiger partial charge in [0.15, 0.2) is 0 Å². The van der Waals surface area contributed by atoms with Gasteiger partial charge >= 0.3 is 0 Å². The average molecular weight is 327 g/mol. The number of benzene rings is 1. The maximum Gasteiger partial charge on any atom is 0.265 e. The zero-order valence-electron chi connectivity index (χ0n) is 10.2. The third kappa shape index (κ3) is 2.68. The molecule has 1 aromatic carbocycles. The Balaban J connectivity index is 2.52. The number of pyridine rings is 1. The smallest absolute Gasteiger partial charge is 0.265 e. The van der Waals surface area contributed by atoms with Crippen LogP contribution in [0.15, 0.2) is 45.8 Å². The van der Waals surface area contributed by atoms with Crippen molar-refractivity contribution < 1.29 is 0 Å². The van der Waals surface area contributed by atoms with E-state index in [9.17, 15) is 4.79 Å². The number of rotatable bonds is 2. The fourth-order valence-corrected chi connectivity index (χ4v) is 2.71. The highest BCUT2D eigenvalue weighted by atomic mass is 79.9. The van der Waals surface area contributed by atoms with E-state index >= 15 is 0 Å². The van der Waals surface area contributed by atoms with E-state index in [0.717, 1.165) is 5.56 Å². The molecule has 0 radical (unpaired) electrons. The van der Waals surface area contributed by atoms with Gasteiger partial charge in [-0.05, 0) is 41.4 Å². The maximum atomic E-state index is 12.1. The van der Waals surface area contributed by atoms with E-state index in [-0.39, 0.29) is 11.6 Å². The molecular weight excluding hydrogens is 314 g/mol. The monoisotopic (exact) mass is 325 g/mol. The second-order valence-corrected chi connectivity index (χ2v) is 5.60. The first-order valence-electron chi connectivity index (χ1n) is 5.63. The van der Waals surface area contributed by atoms with Crippen LogP contribution >= 0.6 is 27.5 Å². The molecule has 4 heteroatoms. The molecule has 0 N–H and O–H groups in total. The molecule has 1 heterocycles. The lowest BCUT2D eigenvalue weighted by Gasteiger charge is -2.16. The van der Waals surface area contributed by atoms with Crippen LogP contribution in [-0.4, -0.2) is 4.57 Å². The number of hydrogen-bond acceptors (Lipinski definition) is 1. The topological polar surface area (TPSA) is 22.0 Å². The molecule has 94 valence electrons. The summed E-state index contributed by atoms with van der Waals surface area (Å²) in [6.07, 6.45) is 1.67. The number of aromatic nitrogens is 1. The van der Waals surface area contributed by atoms with E-state index in [2.05, 4.69) is 22.0 Å². The predicted octanol–water partition coefficient (Wildman–Crippen LogP) is 4.18. The highest BCUT2D eigenvalue weighted by Gasteiger charge is 2.12. The number of halogens is 2. The van der Waals surface area contributed by atoms with Crippen LogP contribution in [-0.2, 0) is 0 Å². The lowest BCUT2D eigenvalue weighted by atomic mass is 10.1. The predicted molar refractivity (Wildman–Crippen MR) is 78.4 cm³/mol. The van der Waals surface area contributed by atoms with Crippen LogP contribution in [0, 0.1) is 6.92 Å². The molecule has 1 aromatic heterocycles. The lowest BCUT2D eigenvalue weighted by Crippen LogP contribution is -2.24. The van der Waals surface area contributed by atoms with Crippen LogP contribution < -0.4 is 5.56 Å². The van der Waals surface area contributed by atoms with Gasteiger partial charge in [-0.3, -0.25) is 4.79 Å². The van der Waals surface area contributed by atoms with E-state index in [1.54, 1.807) is 16.8 Å². The van der Waals surface area contributed by atoms with E-state index < -0.39 is 0 Å². The van der Waals surface area contributed by atoms with Crippen LogP contribution in [0.1, 0.15) is 24.1 Å². The molecule has 2 rings (SSSR count). The minimum absolute atomic E-state index is 0.0487. The van der Waals surface area contributed by atoms with Crippen molar-refractivity contribution in [1.82, 2.24) is 4.57 Å². The van der Waals surface area contributed by atoms with E-state index in [1.807, 2.05) is 32.0 Å². The summed E-state index contributed by atoms with van der Waals surface area (Å²) in [6, 6.07) is 9.68. The second-order valence-electron chi connectivity index (χ2n) is 4.31. The highest BCUT2D eigenvalue weighted by Crippen LogP contribution is 2.20. The molecule has 2 nitrogen and oxygen atoms in total. The fraction of sp³-hybridized carbons (Fsp3) is 0.214. The summed E-state index contributed by atoms with van der Waals surface area (Å²) < 4.78 is 2.12. The van der Waals surface area contributed by atoms with Gasteiger partial charge in [0.1, 0.15) is 0 Å². The molecule has 2 aromatic rings. The van der Waals surface area contributed by atoms with Crippen molar-refractivity contribution >= 4 is 27.5 Å². The fourth-order valence-electron chi connectivity index (χ4n) is 1.91. The largest absolute Gasteiger partial charge is 0.306 e. The number of nitrogens with zero attached hydrogens (tertiary/aromatic N) is 1. The summed E-state index contributed by atoms with van der Waals surface area (Å²) in [5.74, 6) is 0. The maximum absolute atomic E-state index is 12.1. The van der Waals surface area contributed by atoms with Gasteiger partial charge in [0.25, 0.3) is 5.56 Å².